The van der Waals surface area contributed by atoms with Crippen molar-refractivity contribution in [2.75, 3.05) is 13.2 Å². The number of hydrogen-bond acceptors (Lipinski definition) is 3. The fraction of sp³-hybridized carbons (Fsp3) is 1.00. The lowest BCUT2D eigenvalue weighted by atomic mass is 9.82. The molecule has 0 amide bonds. The summed E-state index contributed by atoms with van der Waals surface area (Å²) in [5.41, 5.74) is 0. The van der Waals surface area contributed by atoms with E-state index in [9.17, 15) is 5.11 Å². The molecule has 7 atom stereocenters. The minimum atomic E-state index is -0.125. The molecule has 1 unspecified atom stereocenters. The molecule has 1 N–H and O–H groups in total. The third kappa shape index (κ3) is 0.444. The molecule has 0 spiro atoms. The number of aliphatic hydroxyl groups is 1. The SMILES string of the molecule is OC1[C@H]2[C@H]3CO[C@@H]2[C@@H]2OC[C@H]3[C@H]12. The Morgan fingerprint density at radius 1 is 0.917 bits per heavy atom. The second kappa shape index (κ2) is 1.72. The van der Waals surface area contributed by atoms with E-state index in [0.29, 0.717) is 23.7 Å². The van der Waals surface area contributed by atoms with Crippen LogP contribution in [-0.4, -0.2) is 36.6 Å². The summed E-state index contributed by atoms with van der Waals surface area (Å²) < 4.78 is 11.3. The van der Waals surface area contributed by atoms with Crippen molar-refractivity contribution in [3.63, 3.8) is 0 Å². The molecule has 4 aliphatic rings. The van der Waals surface area contributed by atoms with Gasteiger partial charge in [0.05, 0.1) is 31.5 Å². The van der Waals surface area contributed by atoms with Gasteiger partial charge in [0.2, 0.25) is 0 Å². The quantitative estimate of drug-likeness (QED) is 0.536. The van der Waals surface area contributed by atoms with E-state index >= 15 is 0 Å². The Balaban J connectivity index is 1.91. The topological polar surface area (TPSA) is 38.7 Å². The Bertz CT molecular complexity index is 198. The first-order chi connectivity index (χ1) is 5.88. The van der Waals surface area contributed by atoms with Crippen molar-refractivity contribution in [1.29, 1.82) is 0 Å². The van der Waals surface area contributed by atoms with Crippen LogP contribution in [0.2, 0.25) is 0 Å². The molecule has 3 nitrogen and oxygen atoms in total. The predicted molar refractivity (Wildman–Crippen MR) is 39.4 cm³/mol. The molecule has 3 heteroatoms. The summed E-state index contributed by atoms with van der Waals surface area (Å²) in [7, 11) is 0. The Hall–Kier alpha value is -0.120. The summed E-state index contributed by atoms with van der Waals surface area (Å²) in [5, 5.41) is 9.93. The van der Waals surface area contributed by atoms with Gasteiger partial charge in [-0.1, -0.05) is 0 Å². The first kappa shape index (κ1) is 6.35. The molecular formula is C9H12O3. The van der Waals surface area contributed by atoms with Crippen molar-refractivity contribution in [2.24, 2.45) is 23.7 Å². The summed E-state index contributed by atoms with van der Waals surface area (Å²) in [6.45, 7) is 1.74. The van der Waals surface area contributed by atoms with Gasteiger partial charge in [0.15, 0.2) is 0 Å². The van der Waals surface area contributed by atoms with Crippen molar-refractivity contribution in [1.82, 2.24) is 0 Å². The van der Waals surface area contributed by atoms with E-state index in [0.717, 1.165) is 13.2 Å². The van der Waals surface area contributed by atoms with Gasteiger partial charge in [-0.3, -0.25) is 0 Å². The third-order valence-electron chi connectivity index (χ3n) is 4.37. The zero-order valence-corrected chi connectivity index (χ0v) is 6.72. The minimum absolute atomic E-state index is 0.125. The lowest BCUT2D eigenvalue weighted by Crippen LogP contribution is -2.30. The van der Waals surface area contributed by atoms with Crippen LogP contribution in [0.25, 0.3) is 0 Å². The minimum Gasteiger partial charge on any atom is -0.392 e. The average Bonchev–Trinajstić information content (AvgIpc) is 2.62. The molecule has 0 aromatic rings. The molecule has 2 aliphatic heterocycles. The maximum Gasteiger partial charge on any atom is 0.0897 e. The van der Waals surface area contributed by atoms with Gasteiger partial charge < -0.3 is 14.6 Å². The van der Waals surface area contributed by atoms with E-state index in [-0.39, 0.29) is 18.3 Å². The van der Waals surface area contributed by atoms with Gasteiger partial charge >= 0.3 is 0 Å². The Morgan fingerprint density at radius 3 is 1.92 bits per heavy atom. The molecule has 0 aromatic heterocycles. The molecule has 2 saturated heterocycles. The number of fused-ring (bicyclic) bond motifs is 2. The fourth-order valence-corrected chi connectivity index (χ4v) is 3.97. The fourth-order valence-electron chi connectivity index (χ4n) is 3.97. The van der Waals surface area contributed by atoms with Gasteiger partial charge in [-0.15, -0.1) is 0 Å². The molecule has 4 fully saturated rings. The van der Waals surface area contributed by atoms with Gasteiger partial charge in [-0.25, -0.2) is 0 Å². The maximum atomic E-state index is 9.93. The van der Waals surface area contributed by atoms with Gasteiger partial charge in [-0.2, -0.15) is 0 Å². The maximum absolute atomic E-state index is 9.93. The highest BCUT2D eigenvalue weighted by molar-refractivity contribution is 5.17. The normalized spacial score (nSPS) is 71.2. The lowest BCUT2D eigenvalue weighted by Gasteiger charge is -2.20. The average molecular weight is 168 g/mol. The highest BCUT2D eigenvalue weighted by atomic mass is 16.6. The van der Waals surface area contributed by atoms with Crippen LogP contribution in [0.1, 0.15) is 0 Å². The van der Waals surface area contributed by atoms with Crippen LogP contribution in [0.3, 0.4) is 0 Å². The van der Waals surface area contributed by atoms with Gasteiger partial charge in [0, 0.05) is 11.8 Å². The summed E-state index contributed by atoms with van der Waals surface area (Å²) in [5.74, 6) is 2.03. The molecule has 0 aromatic carbocycles. The van der Waals surface area contributed by atoms with Crippen LogP contribution in [0.4, 0.5) is 0 Å². The van der Waals surface area contributed by atoms with Gasteiger partial charge in [0.25, 0.3) is 0 Å². The van der Waals surface area contributed by atoms with E-state index in [4.69, 9.17) is 9.47 Å². The van der Waals surface area contributed by atoms with E-state index in [1.165, 1.54) is 0 Å². The summed E-state index contributed by atoms with van der Waals surface area (Å²) in [6, 6.07) is 0. The number of ether oxygens (including phenoxy) is 2. The molecule has 2 saturated carbocycles. The zero-order chi connectivity index (χ0) is 7.87. The number of aliphatic hydroxyl groups excluding tert-OH is 1. The Morgan fingerprint density at radius 2 is 1.42 bits per heavy atom. The molecule has 0 radical (unpaired) electrons. The Labute approximate surface area is 70.7 Å². The lowest BCUT2D eigenvalue weighted by molar-refractivity contribution is -0.0226. The van der Waals surface area contributed by atoms with Crippen LogP contribution in [-0.2, 0) is 9.47 Å². The molecule has 4 rings (SSSR count). The highest BCUT2D eigenvalue weighted by Crippen LogP contribution is 2.61. The summed E-state index contributed by atoms with van der Waals surface area (Å²) >= 11 is 0. The molecule has 12 heavy (non-hydrogen) atoms. The van der Waals surface area contributed by atoms with Crippen molar-refractivity contribution >= 4 is 0 Å². The third-order valence-corrected chi connectivity index (χ3v) is 4.37. The zero-order valence-electron chi connectivity index (χ0n) is 6.72. The molecular weight excluding hydrogens is 156 g/mol. The first-order valence-corrected chi connectivity index (χ1v) is 4.79. The van der Waals surface area contributed by atoms with Crippen molar-refractivity contribution < 1.29 is 14.6 Å². The van der Waals surface area contributed by atoms with Crippen LogP contribution < -0.4 is 0 Å². The van der Waals surface area contributed by atoms with Gasteiger partial charge in [-0.05, 0) is 11.8 Å². The van der Waals surface area contributed by atoms with E-state index in [1.807, 2.05) is 0 Å². The summed E-state index contributed by atoms with van der Waals surface area (Å²) in [4.78, 5) is 0. The van der Waals surface area contributed by atoms with Crippen molar-refractivity contribution in [3.05, 3.63) is 0 Å². The molecule has 2 bridgehead atoms. The monoisotopic (exact) mass is 168 g/mol. The second-order valence-electron chi connectivity index (χ2n) is 4.57. The predicted octanol–water partition coefficient (Wildman–Crippen LogP) is -0.363. The second-order valence-corrected chi connectivity index (χ2v) is 4.57. The van der Waals surface area contributed by atoms with Crippen LogP contribution >= 0.6 is 0 Å². The number of rotatable bonds is 0. The van der Waals surface area contributed by atoms with E-state index < -0.39 is 0 Å². The largest absolute Gasteiger partial charge is 0.392 e. The van der Waals surface area contributed by atoms with E-state index in [1.54, 1.807) is 0 Å². The molecule has 66 valence electrons. The van der Waals surface area contributed by atoms with Crippen LogP contribution in [0, 0.1) is 23.7 Å². The molecule has 2 aliphatic carbocycles. The van der Waals surface area contributed by atoms with Crippen LogP contribution in [0.15, 0.2) is 0 Å². The first-order valence-electron chi connectivity index (χ1n) is 4.79. The standard InChI is InChI=1S/C9H12O3/c10-7-5-3-1-11-8(5)9-6(7)4(3)2-12-9/h3-10H,1-2H2/t3-,4+,5-,6-,7?,8-,9+/m1/s1. The van der Waals surface area contributed by atoms with Crippen molar-refractivity contribution in [2.45, 2.75) is 18.3 Å². The van der Waals surface area contributed by atoms with Gasteiger partial charge in [0.1, 0.15) is 0 Å². The number of hydrogen-bond donors (Lipinski definition) is 1. The summed E-state index contributed by atoms with van der Waals surface area (Å²) in [6.07, 6.45) is 0.336. The van der Waals surface area contributed by atoms with E-state index in [2.05, 4.69) is 0 Å². The van der Waals surface area contributed by atoms with Crippen LogP contribution in [0.5, 0.6) is 0 Å². The Kier molecular flexibility index (Phi) is 0.908. The highest BCUT2D eigenvalue weighted by Gasteiger charge is 2.70. The smallest absolute Gasteiger partial charge is 0.0897 e. The van der Waals surface area contributed by atoms with Crippen molar-refractivity contribution in [3.8, 4) is 0 Å². The molecule has 2 heterocycles.